The molecule has 1 heterocycles. The van der Waals surface area contributed by atoms with Crippen LogP contribution in [0.2, 0.25) is 0 Å². The second-order valence-corrected chi connectivity index (χ2v) is 8.22. The van der Waals surface area contributed by atoms with Crippen LogP contribution >= 0.6 is 0 Å². The number of carbonyl (C=O) groups excluding carboxylic acids is 1. The Balaban J connectivity index is 1.87. The molecule has 0 aromatic carbocycles. The smallest absolute Gasteiger partial charge is 0.407 e. The van der Waals surface area contributed by atoms with Gasteiger partial charge in [-0.15, -0.1) is 0 Å². The van der Waals surface area contributed by atoms with Crippen molar-refractivity contribution in [2.75, 3.05) is 6.54 Å². The molecule has 1 saturated carbocycles. The fraction of sp³-hybridized carbons (Fsp3) is 0.650. The van der Waals surface area contributed by atoms with Crippen LogP contribution in [0.25, 0.3) is 6.08 Å². The summed E-state index contributed by atoms with van der Waals surface area (Å²) >= 11 is 0. The molecule has 156 valence electrons. The van der Waals surface area contributed by atoms with Gasteiger partial charge in [0, 0.05) is 24.4 Å². The monoisotopic (exact) mass is 393 g/mol. The summed E-state index contributed by atoms with van der Waals surface area (Å²) in [4.78, 5) is 27.4. The standard InChI is InChI=1S/C20H31N3O5/c1-20(2,3)28-19(27)21-10-4-5-14(18(25)26)11-15-12-23(13-22-15)16-6-8-17(24)9-7-16/h11-13,16-17,24H,4-10H2,1-3H3,(H,21,27)(H,25,26)/b14-11+/t16-,17+. The zero-order valence-electron chi connectivity index (χ0n) is 16.9. The van der Waals surface area contributed by atoms with Crippen LogP contribution in [0, 0.1) is 0 Å². The Labute approximate surface area is 165 Å². The number of aliphatic carboxylic acids is 1. The summed E-state index contributed by atoms with van der Waals surface area (Å²) in [5.74, 6) is -0.993. The summed E-state index contributed by atoms with van der Waals surface area (Å²) in [6, 6.07) is 0.296. The fourth-order valence-electron chi connectivity index (χ4n) is 3.19. The van der Waals surface area contributed by atoms with Gasteiger partial charge in [-0.3, -0.25) is 0 Å². The number of alkyl carbamates (subject to hydrolysis) is 1. The maximum absolute atomic E-state index is 11.6. The Morgan fingerprint density at radius 1 is 1.32 bits per heavy atom. The summed E-state index contributed by atoms with van der Waals surface area (Å²) < 4.78 is 7.15. The van der Waals surface area contributed by atoms with Crippen molar-refractivity contribution in [3.8, 4) is 0 Å². The molecule has 1 fully saturated rings. The number of aliphatic hydroxyl groups is 1. The number of carboxylic acid groups (broad SMARTS) is 1. The van der Waals surface area contributed by atoms with E-state index in [0.29, 0.717) is 31.1 Å². The molecule has 0 bridgehead atoms. The lowest BCUT2D eigenvalue weighted by molar-refractivity contribution is -0.132. The molecule has 0 spiro atoms. The fourth-order valence-corrected chi connectivity index (χ4v) is 3.19. The van der Waals surface area contributed by atoms with Crippen molar-refractivity contribution in [2.45, 2.75) is 77.0 Å². The molecular weight excluding hydrogens is 362 g/mol. The van der Waals surface area contributed by atoms with Gasteiger partial charge in [-0.05, 0) is 65.4 Å². The van der Waals surface area contributed by atoms with E-state index in [4.69, 9.17) is 4.74 Å². The van der Waals surface area contributed by atoms with Gasteiger partial charge in [0.25, 0.3) is 0 Å². The molecule has 0 radical (unpaired) electrons. The lowest BCUT2D eigenvalue weighted by Crippen LogP contribution is -2.33. The van der Waals surface area contributed by atoms with Crippen molar-refractivity contribution in [3.05, 3.63) is 23.8 Å². The number of carboxylic acids is 1. The van der Waals surface area contributed by atoms with Crippen molar-refractivity contribution in [2.24, 2.45) is 0 Å². The summed E-state index contributed by atoms with van der Waals surface area (Å²) in [5.41, 5.74) is 0.282. The number of imidazole rings is 1. The molecule has 0 saturated heterocycles. The van der Waals surface area contributed by atoms with Gasteiger partial charge in [-0.2, -0.15) is 0 Å². The zero-order valence-corrected chi connectivity index (χ0v) is 16.9. The molecule has 0 atom stereocenters. The summed E-state index contributed by atoms with van der Waals surface area (Å²) in [7, 11) is 0. The van der Waals surface area contributed by atoms with Crippen molar-refractivity contribution in [3.63, 3.8) is 0 Å². The lowest BCUT2D eigenvalue weighted by Gasteiger charge is -2.26. The first-order valence-electron chi connectivity index (χ1n) is 9.76. The van der Waals surface area contributed by atoms with E-state index < -0.39 is 17.7 Å². The normalized spacial score (nSPS) is 20.6. The van der Waals surface area contributed by atoms with Gasteiger partial charge in [0.2, 0.25) is 0 Å². The van der Waals surface area contributed by atoms with Gasteiger partial charge < -0.3 is 24.8 Å². The molecule has 0 unspecified atom stereocenters. The first-order valence-corrected chi connectivity index (χ1v) is 9.76. The van der Waals surface area contributed by atoms with Gasteiger partial charge in [-0.1, -0.05) is 0 Å². The van der Waals surface area contributed by atoms with E-state index in [-0.39, 0.29) is 11.7 Å². The van der Waals surface area contributed by atoms with E-state index in [1.165, 1.54) is 0 Å². The Bertz CT molecular complexity index is 697. The maximum atomic E-state index is 11.6. The third kappa shape index (κ3) is 7.34. The van der Waals surface area contributed by atoms with Gasteiger partial charge in [0.05, 0.1) is 18.1 Å². The second kappa shape index (κ2) is 9.73. The van der Waals surface area contributed by atoms with Crippen molar-refractivity contribution in [1.82, 2.24) is 14.9 Å². The van der Waals surface area contributed by atoms with E-state index in [1.807, 2.05) is 10.8 Å². The Kier molecular flexibility index (Phi) is 7.62. The minimum Gasteiger partial charge on any atom is -0.478 e. The third-order valence-corrected chi connectivity index (χ3v) is 4.60. The number of amides is 1. The molecule has 1 aliphatic rings. The van der Waals surface area contributed by atoms with Gasteiger partial charge in [0.15, 0.2) is 0 Å². The number of aromatic nitrogens is 2. The molecular formula is C20H31N3O5. The molecule has 1 amide bonds. The highest BCUT2D eigenvalue weighted by Crippen LogP contribution is 2.28. The third-order valence-electron chi connectivity index (χ3n) is 4.60. The summed E-state index contributed by atoms with van der Waals surface area (Å²) in [6.07, 6.45) is 8.55. The number of ether oxygens (including phenoxy) is 1. The lowest BCUT2D eigenvalue weighted by atomic mass is 9.93. The Morgan fingerprint density at radius 2 is 2.00 bits per heavy atom. The van der Waals surface area contributed by atoms with Crippen molar-refractivity contribution < 1.29 is 24.5 Å². The highest BCUT2D eigenvalue weighted by Gasteiger charge is 2.21. The van der Waals surface area contributed by atoms with Crippen molar-refractivity contribution >= 4 is 18.1 Å². The minimum absolute atomic E-state index is 0.216. The van der Waals surface area contributed by atoms with Crippen LogP contribution in [0.1, 0.15) is 71.0 Å². The highest BCUT2D eigenvalue weighted by atomic mass is 16.6. The van der Waals surface area contributed by atoms with Gasteiger partial charge >= 0.3 is 12.1 Å². The predicted molar refractivity (Wildman–Crippen MR) is 105 cm³/mol. The Hall–Kier alpha value is -2.35. The van der Waals surface area contributed by atoms with Gasteiger partial charge in [-0.25, -0.2) is 14.6 Å². The number of nitrogens with zero attached hydrogens (tertiary/aromatic N) is 2. The van der Waals surface area contributed by atoms with E-state index in [9.17, 15) is 19.8 Å². The second-order valence-electron chi connectivity index (χ2n) is 8.22. The van der Waals surface area contributed by atoms with Crippen LogP contribution in [0.15, 0.2) is 18.1 Å². The topological polar surface area (TPSA) is 114 Å². The molecule has 8 nitrogen and oxygen atoms in total. The number of rotatable bonds is 7. The predicted octanol–water partition coefficient (Wildman–Crippen LogP) is 3.13. The average molecular weight is 393 g/mol. The molecule has 1 aliphatic carbocycles. The first kappa shape index (κ1) is 21.9. The first-order chi connectivity index (χ1) is 13.1. The molecule has 8 heteroatoms. The Morgan fingerprint density at radius 3 is 2.61 bits per heavy atom. The maximum Gasteiger partial charge on any atom is 0.407 e. The number of hydrogen-bond acceptors (Lipinski definition) is 5. The van der Waals surface area contributed by atoms with Crippen LogP contribution in [-0.2, 0) is 9.53 Å². The quantitative estimate of drug-likeness (QED) is 0.484. The highest BCUT2D eigenvalue weighted by molar-refractivity contribution is 5.91. The molecule has 28 heavy (non-hydrogen) atoms. The minimum atomic E-state index is -0.993. The molecule has 3 N–H and O–H groups in total. The van der Waals surface area contributed by atoms with Crippen LogP contribution < -0.4 is 5.32 Å². The zero-order chi connectivity index (χ0) is 20.7. The van der Waals surface area contributed by atoms with E-state index in [0.717, 1.165) is 25.7 Å². The average Bonchev–Trinajstić information content (AvgIpc) is 3.05. The largest absolute Gasteiger partial charge is 0.478 e. The van der Waals surface area contributed by atoms with Crippen LogP contribution in [-0.4, -0.2) is 50.1 Å². The molecule has 2 rings (SSSR count). The van der Waals surface area contributed by atoms with Crippen LogP contribution in [0.4, 0.5) is 4.79 Å². The van der Waals surface area contributed by atoms with Crippen LogP contribution in [0.5, 0.6) is 0 Å². The number of nitrogens with one attached hydrogen (secondary N) is 1. The van der Waals surface area contributed by atoms with Crippen LogP contribution in [0.3, 0.4) is 0 Å². The number of carbonyl (C=O) groups is 2. The molecule has 1 aromatic rings. The summed E-state index contributed by atoms with van der Waals surface area (Å²) in [5, 5.41) is 21.7. The SMILES string of the molecule is CC(C)(C)OC(=O)NCCC/C(=C\c1cn([C@H]2CC[C@@H](O)CC2)cn1)C(=O)O. The van der Waals surface area contributed by atoms with E-state index in [1.54, 1.807) is 33.2 Å². The number of aliphatic hydroxyl groups excluding tert-OH is 1. The number of hydrogen-bond donors (Lipinski definition) is 3. The van der Waals surface area contributed by atoms with Gasteiger partial charge in [0.1, 0.15) is 5.60 Å². The van der Waals surface area contributed by atoms with E-state index >= 15 is 0 Å². The molecule has 1 aromatic heterocycles. The molecule has 0 aliphatic heterocycles. The van der Waals surface area contributed by atoms with Crippen molar-refractivity contribution in [1.29, 1.82) is 0 Å². The van der Waals surface area contributed by atoms with E-state index in [2.05, 4.69) is 10.3 Å². The summed E-state index contributed by atoms with van der Waals surface area (Å²) in [6.45, 7) is 5.68.